The van der Waals surface area contributed by atoms with Gasteiger partial charge in [-0.3, -0.25) is 9.69 Å². The second kappa shape index (κ2) is 11.3. The van der Waals surface area contributed by atoms with Crippen molar-refractivity contribution in [3.8, 4) is 22.6 Å². The normalized spacial score (nSPS) is 18.0. The number of benzene rings is 4. The van der Waals surface area contributed by atoms with Crippen LogP contribution in [0.2, 0.25) is 0 Å². The van der Waals surface area contributed by atoms with Crippen LogP contribution in [-0.2, 0) is 0 Å². The molecule has 4 aromatic carbocycles. The SMILES string of the molecule is COc1ccc([C@@H]2[C@@H](CCC(O)c3ccc(F)cc3)SC(=O)N2c2ccc(-c3ccccc3)cc2)c(O)c1. The van der Waals surface area contributed by atoms with Gasteiger partial charge in [0.1, 0.15) is 17.3 Å². The van der Waals surface area contributed by atoms with Gasteiger partial charge in [0.15, 0.2) is 0 Å². The summed E-state index contributed by atoms with van der Waals surface area (Å²) < 4.78 is 18.6. The van der Waals surface area contributed by atoms with Gasteiger partial charge < -0.3 is 14.9 Å². The van der Waals surface area contributed by atoms with E-state index in [2.05, 4.69) is 0 Å². The van der Waals surface area contributed by atoms with E-state index in [1.807, 2.05) is 54.6 Å². The topological polar surface area (TPSA) is 70.0 Å². The summed E-state index contributed by atoms with van der Waals surface area (Å²) in [6.45, 7) is 0. The predicted octanol–water partition coefficient (Wildman–Crippen LogP) is 7.50. The van der Waals surface area contributed by atoms with Gasteiger partial charge in [0, 0.05) is 22.6 Å². The third-order valence-corrected chi connectivity index (χ3v) is 8.06. The maximum Gasteiger partial charge on any atom is 0.287 e. The highest BCUT2D eigenvalue weighted by Crippen LogP contribution is 2.49. The van der Waals surface area contributed by atoms with Crippen LogP contribution in [0.25, 0.3) is 11.1 Å². The monoisotopic (exact) mass is 529 g/mol. The Bertz CT molecular complexity index is 1400. The molecule has 1 aliphatic rings. The molecule has 38 heavy (non-hydrogen) atoms. The molecular formula is C31H28FNO4S. The van der Waals surface area contributed by atoms with Gasteiger partial charge in [0.05, 0.1) is 19.3 Å². The van der Waals surface area contributed by atoms with Gasteiger partial charge in [-0.15, -0.1) is 0 Å². The molecule has 0 radical (unpaired) electrons. The van der Waals surface area contributed by atoms with E-state index < -0.39 is 12.1 Å². The van der Waals surface area contributed by atoms with Crippen LogP contribution in [0.15, 0.2) is 97.1 Å². The van der Waals surface area contributed by atoms with Crippen molar-refractivity contribution in [1.82, 2.24) is 0 Å². The lowest BCUT2D eigenvalue weighted by Gasteiger charge is -2.29. The van der Waals surface area contributed by atoms with Crippen molar-refractivity contribution in [1.29, 1.82) is 0 Å². The molecule has 0 aliphatic carbocycles. The summed E-state index contributed by atoms with van der Waals surface area (Å²) in [5.41, 5.74) is 4.08. The van der Waals surface area contributed by atoms with E-state index in [0.717, 1.165) is 16.8 Å². The summed E-state index contributed by atoms with van der Waals surface area (Å²) in [5.74, 6) is 0.201. The van der Waals surface area contributed by atoms with Crippen LogP contribution in [0.3, 0.4) is 0 Å². The average molecular weight is 530 g/mol. The molecule has 1 heterocycles. The second-order valence-corrected chi connectivity index (χ2v) is 10.4. The molecule has 5 rings (SSSR count). The molecule has 3 atom stereocenters. The van der Waals surface area contributed by atoms with Crippen molar-refractivity contribution < 1.29 is 24.1 Å². The first-order valence-corrected chi connectivity index (χ1v) is 13.3. The Hall–Kier alpha value is -3.81. The van der Waals surface area contributed by atoms with E-state index >= 15 is 0 Å². The van der Waals surface area contributed by atoms with Crippen molar-refractivity contribution in [2.24, 2.45) is 0 Å². The molecule has 7 heteroatoms. The number of methoxy groups -OCH3 is 1. The smallest absolute Gasteiger partial charge is 0.287 e. The summed E-state index contributed by atoms with van der Waals surface area (Å²) in [4.78, 5) is 15.1. The number of aliphatic hydroxyl groups is 1. The minimum atomic E-state index is -0.796. The van der Waals surface area contributed by atoms with Gasteiger partial charge in [0.25, 0.3) is 5.24 Å². The Kier molecular flexibility index (Phi) is 7.67. The van der Waals surface area contributed by atoms with Crippen LogP contribution >= 0.6 is 11.8 Å². The number of carbonyl (C=O) groups is 1. The molecule has 194 valence electrons. The Morgan fingerprint density at radius 3 is 2.29 bits per heavy atom. The van der Waals surface area contributed by atoms with E-state index in [1.54, 1.807) is 35.2 Å². The number of rotatable bonds is 8. The van der Waals surface area contributed by atoms with Gasteiger partial charge in [-0.2, -0.15) is 0 Å². The number of carbonyl (C=O) groups excluding carboxylic acids is 1. The Morgan fingerprint density at radius 1 is 0.947 bits per heavy atom. The number of anilines is 1. The van der Waals surface area contributed by atoms with Crippen molar-refractivity contribution in [2.45, 2.75) is 30.2 Å². The minimum absolute atomic E-state index is 0.0413. The van der Waals surface area contributed by atoms with Gasteiger partial charge >= 0.3 is 0 Å². The fourth-order valence-electron chi connectivity index (χ4n) is 4.87. The molecule has 0 aromatic heterocycles. The molecule has 1 saturated heterocycles. The number of hydrogen-bond acceptors (Lipinski definition) is 5. The number of aromatic hydroxyl groups is 1. The van der Waals surface area contributed by atoms with Gasteiger partial charge in [-0.25, -0.2) is 4.39 Å². The predicted molar refractivity (Wildman–Crippen MR) is 149 cm³/mol. The summed E-state index contributed by atoms with van der Waals surface area (Å²) >= 11 is 1.20. The summed E-state index contributed by atoms with van der Waals surface area (Å²) in [5, 5.41) is 21.3. The summed E-state index contributed by atoms with van der Waals surface area (Å²) in [6.07, 6.45) is 0.0877. The van der Waals surface area contributed by atoms with Crippen molar-refractivity contribution in [3.63, 3.8) is 0 Å². The summed E-state index contributed by atoms with van der Waals surface area (Å²) in [6, 6.07) is 28.2. The van der Waals surface area contributed by atoms with Gasteiger partial charge in [-0.05, 0) is 65.9 Å². The molecule has 1 aliphatic heterocycles. The standard InChI is InChI=1S/C31H28FNO4S/c1-37-25-15-16-26(28(35)19-25)30-29(18-17-27(34)22-7-11-23(32)12-8-22)38-31(36)33(30)24-13-9-21(10-14-24)20-5-3-2-4-6-20/h2-16,19,27,29-30,34-35H,17-18H2,1H3/t27?,29-,30-/m1/s1. The van der Waals surface area contributed by atoms with Crippen LogP contribution in [0.4, 0.5) is 14.9 Å². The third kappa shape index (κ3) is 5.39. The van der Waals surface area contributed by atoms with E-state index in [1.165, 1.54) is 31.0 Å². The fraction of sp³-hybridized carbons (Fsp3) is 0.194. The van der Waals surface area contributed by atoms with Crippen LogP contribution in [-0.4, -0.2) is 27.8 Å². The van der Waals surface area contributed by atoms with Gasteiger partial charge in [0.2, 0.25) is 0 Å². The first kappa shape index (κ1) is 25.8. The Balaban J connectivity index is 1.45. The molecule has 5 nitrogen and oxygen atoms in total. The maximum atomic E-state index is 13.4. The number of phenols is 1. The number of thioether (sulfide) groups is 1. The molecule has 2 N–H and O–H groups in total. The number of amides is 1. The van der Waals surface area contributed by atoms with Crippen LogP contribution in [0.5, 0.6) is 11.5 Å². The number of ether oxygens (including phenoxy) is 1. The fourth-order valence-corrected chi connectivity index (χ4v) is 6.11. The largest absolute Gasteiger partial charge is 0.507 e. The lowest BCUT2D eigenvalue weighted by molar-refractivity contribution is 0.163. The van der Waals surface area contributed by atoms with E-state index in [0.29, 0.717) is 29.7 Å². The Morgan fingerprint density at radius 2 is 1.63 bits per heavy atom. The highest BCUT2D eigenvalue weighted by atomic mass is 32.2. The van der Waals surface area contributed by atoms with E-state index in [4.69, 9.17) is 4.74 Å². The number of nitrogens with zero attached hydrogens (tertiary/aromatic N) is 1. The number of hydrogen-bond donors (Lipinski definition) is 2. The molecule has 1 amide bonds. The zero-order valence-corrected chi connectivity index (χ0v) is 21.6. The number of phenolic OH excluding ortho intramolecular Hbond substituents is 1. The molecule has 0 spiro atoms. The number of aliphatic hydroxyl groups excluding tert-OH is 1. The van der Waals surface area contributed by atoms with Crippen molar-refractivity contribution in [3.05, 3.63) is 114 Å². The minimum Gasteiger partial charge on any atom is -0.507 e. The first-order valence-electron chi connectivity index (χ1n) is 12.4. The highest BCUT2D eigenvalue weighted by Gasteiger charge is 2.43. The number of halogens is 1. The average Bonchev–Trinajstić information content (AvgIpc) is 3.28. The van der Waals surface area contributed by atoms with Crippen molar-refractivity contribution in [2.75, 3.05) is 12.0 Å². The third-order valence-electron chi connectivity index (χ3n) is 6.87. The quantitative estimate of drug-likeness (QED) is 0.247. The van der Waals surface area contributed by atoms with Crippen LogP contribution in [0.1, 0.15) is 36.1 Å². The van der Waals surface area contributed by atoms with E-state index in [9.17, 15) is 19.4 Å². The molecule has 0 bridgehead atoms. The van der Waals surface area contributed by atoms with Crippen LogP contribution < -0.4 is 9.64 Å². The molecule has 0 saturated carbocycles. The second-order valence-electron chi connectivity index (χ2n) is 9.22. The van der Waals surface area contributed by atoms with Gasteiger partial charge in [-0.1, -0.05) is 66.4 Å². The molecule has 1 fully saturated rings. The first-order chi connectivity index (χ1) is 18.4. The zero-order chi connectivity index (χ0) is 26.6. The highest BCUT2D eigenvalue weighted by molar-refractivity contribution is 8.14. The summed E-state index contributed by atoms with van der Waals surface area (Å²) in [7, 11) is 1.53. The molecular weight excluding hydrogens is 501 g/mol. The lowest BCUT2D eigenvalue weighted by atomic mass is 9.95. The maximum absolute atomic E-state index is 13.4. The Labute approximate surface area is 225 Å². The molecule has 1 unspecified atom stereocenters. The molecule has 4 aromatic rings. The van der Waals surface area contributed by atoms with Crippen molar-refractivity contribution >= 4 is 22.7 Å². The lowest BCUT2D eigenvalue weighted by Crippen LogP contribution is -2.29. The zero-order valence-electron chi connectivity index (χ0n) is 20.8. The van der Waals surface area contributed by atoms with E-state index in [-0.39, 0.29) is 22.1 Å². The van der Waals surface area contributed by atoms with Crippen LogP contribution in [0, 0.1) is 5.82 Å².